The molecule has 1 aliphatic carbocycles. The molecule has 6 heteroatoms. The maximum absolute atomic E-state index is 12.1. The summed E-state index contributed by atoms with van der Waals surface area (Å²) in [5, 5.41) is 6.62. The van der Waals surface area contributed by atoms with Gasteiger partial charge in [-0.2, -0.15) is 0 Å². The maximum Gasteiger partial charge on any atom is 0.265 e. The summed E-state index contributed by atoms with van der Waals surface area (Å²) >= 11 is 0. The van der Waals surface area contributed by atoms with Gasteiger partial charge in [-0.1, -0.05) is 12.1 Å². The Balaban J connectivity index is 1.48. The van der Waals surface area contributed by atoms with Crippen LogP contribution >= 0.6 is 0 Å². The maximum atomic E-state index is 12.1. The van der Waals surface area contributed by atoms with Gasteiger partial charge < -0.3 is 20.3 Å². The van der Waals surface area contributed by atoms with Gasteiger partial charge in [-0.25, -0.2) is 0 Å². The normalized spacial score (nSPS) is 17.3. The fraction of sp³-hybridized carbons (Fsp3) is 0.556. The van der Waals surface area contributed by atoms with E-state index < -0.39 is 0 Å². The molecule has 1 aromatic carbocycles. The third-order valence-corrected chi connectivity index (χ3v) is 4.21. The molecule has 1 saturated carbocycles. The standard InChI is InChI=1S/C18H26N4O2/c1-2-19-18(21-12-14-8-9-14)20-10-5-11-22-15-6-3-4-7-16(15)24-13-17(22)23/h3-4,6-7,14H,2,5,8-13H2,1H3,(H2,19,20,21). The number of carbonyl (C=O) groups excluding carboxylic acids is 1. The van der Waals surface area contributed by atoms with Crippen LogP contribution in [0.3, 0.4) is 0 Å². The highest BCUT2D eigenvalue weighted by Gasteiger charge is 2.24. The molecule has 1 aromatic rings. The number of aliphatic imine (C=N–C) groups is 1. The summed E-state index contributed by atoms with van der Waals surface area (Å²) in [6.07, 6.45) is 3.47. The topological polar surface area (TPSA) is 66.0 Å². The summed E-state index contributed by atoms with van der Waals surface area (Å²) in [5.41, 5.74) is 0.864. The van der Waals surface area contributed by atoms with E-state index in [4.69, 9.17) is 4.74 Å². The number of fused-ring (bicyclic) bond motifs is 1. The predicted molar refractivity (Wildman–Crippen MR) is 95.6 cm³/mol. The second-order valence-corrected chi connectivity index (χ2v) is 6.25. The number of ether oxygens (including phenoxy) is 1. The second-order valence-electron chi connectivity index (χ2n) is 6.25. The van der Waals surface area contributed by atoms with Crippen LogP contribution in [-0.2, 0) is 4.79 Å². The number of para-hydroxylation sites is 2. The Labute approximate surface area is 143 Å². The first-order valence-corrected chi connectivity index (χ1v) is 8.82. The number of amides is 1. The molecule has 6 nitrogen and oxygen atoms in total. The summed E-state index contributed by atoms with van der Waals surface area (Å²) in [4.78, 5) is 18.5. The van der Waals surface area contributed by atoms with Crippen molar-refractivity contribution in [3.63, 3.8) is 0 Å². The van der Waals surface area contributed by atoms with E-state index in [9.17, 15) is 4.79 Å². The number of hydrogen-bond acceptors (Lipinski definition) is 3. The number of rotatable bonds is 7. The molecule has 0 spiro atoms. The van der Waals surface area contributed by atoms with Crippen LogP contribution in [-0.4, -0.2) is 44.7 Å². The molecule has 2 N–H and O–H groups in total. The molecule has 130 valence electrons. The monoisotopic (exact) mass is 330 g/mol. The Hall–Kier alpha value is -2.24. The van der Waals surface area contributed by atoms with Gasteiger partial charge in [0.05, 0.1) is 5.69 Å². The van der Waals surface area contributed by atoms with Gasteiger partial charge in [0.2, 0.25) is 0 Å². The molecular formula is C18H26N4O2. The third-order valence-electron chi connectivity index (χ3n) is 4.21. The molecule has 0 bridgehead atoms. The van der Waals surface area contributed by atoms with E-state index in [1.165, 1.54) is 12.8 Å². The number of guanidine groups is 1. The molecule has 1 aliphatic heterocycles. The highest BCUT2D eigenvalue weighted by Crippen LogP contribution is 2.31. The van der Waals surface area contributed by atoms with Crippen molar-refractivity contribution < 1.29 is 9.53 Å². The van der Waals surface area contributed by atoms with E-state index in [1.807, 2.05) is 29.2 Å². The van der Waals surface area contributed by atoms with Crippen molar-refractivity contribution in [1.29, 1.82) is 0 Å². The Morgan fingerprint density at radius 3 is 2.96 bits per heavy atom. The van der Waals surface area contributed by atoms with Gasteiger partial charge in [-0.15, -0.1) is 0 Å². The van der Waals surface area contributed by atoms with Crippen molar-refractivity contribution >= 4 is 17.6 Å². The van der Waals surface area contributed by atoms with Crippen LogP contribution in [0, 0.1) is 5.92 Å². The average molecular weight is 330 g/mol. The zero-order chi connectivity index (χ0) is 16.8. The Morgan fingerprint density at radius 2 is 2.17 bits per heavy atom. The lowest BCUT2D eigenvalue weighted by molar-refractivity contribution is -0.121. The van der Waals surface area contributed by atoms with Gasteiger partial charge >= 0.3 is 0 Å². The van der Waals surface area contributed by atoms with E-state index in [0.717, 1.165) is 49.4 Å². The third kappa shape index (κ3) is 4.40. The van der Waals surface area contributed by atoms with Crippen molar-refractivity contribution in [1.82, 2.24) is 10.6 Å². The van der Waals surface area contributed by atoms with Crippen molar-refractivity contribution in [3.05, 3.63) is 24.3 Å². The SMILES string of the molecule is CCNC(=NCC1CC1)NCCCN1C(=O)COc2ccccc21. The summed E-state index contributed by atoms with van der Waals surface area (Å²) in [6.45, 7) is 5.40. The van der Waals surface area contributed by atoms with E-state index in [2.05, 4.69) is 22.5 Å². The van der Waals surface area contributed by atoms with Crippen molar-refractivity contribution in [3.8, 4) is 5.75 Å². The summed E-state index contributed by atoms with van der Waals surface area (Å²) < 4.78 is 5.47. The summed E-state index contributed by atoms with van der Waals surface area (Å²) in [7, 11) is 0. The van der Waals surface area contributed by atoms with E-state index in [-0.39, 0.29) is 12.5 Å². The summed E-state index contributed by atoms with van der Waals surface area (Å²) in [5.74, 6) is 2.45. The lowest BCUT2D eigenvalue weighted by Crippen LogP contribution is -2.42. The van der Waals surface area contributed by atoms with E-state index in [1.54, 1.807) is 0 Å². The molecule has 1 fully saturated rings. The van der Waals surface area contributed by atoms with Crippen LogP contribution < -0.4 is 20.3 Å². The fourth-order valence-electron chi connectivity index (χ4n) is 2.71. The van der Waals surface area contributed by atoms with Crippen molar-refractivity contribution in [2.45, 2.75) is 26.2 Å². The number of anilines is 1. The minimum Gasteiger partial charge on any atom is -0.482 e. The lowest BCUT2D eigenvalue weighted by atomic mass is 10.2. The van der Waals surface area contributed by atoms with Gasteiger partial charge in [0.25, 0.3) is 5.91 Å². The number of carbonyl (C=O) groups is 1. The van der Waals surface area contributed by atoms with E-state index >= 15 is 0 Å². The van der Waals surface area contributed by atoms with Gasteiger partial charge in [0.1, 0.15) is 5.75 Å². The predicted octanol–water partition coefficient (Wildman–Crippen LogP) is 1.77. The van der Waals surface area contributed by atoms with Crippen molar-refractivity contribution in [2.75, 3.05) is 37.7 Å². The molecule has 0 unspecified atom stereocenters. The largest absolute Gasteiger partial charge is 0.482 e. The van der Waals surface area contributed by atoms with Gasteiger partial charge in [-0.05, 0) is 44.2 Å². The summed E-state index contributed by atoms with van der Waals surface area (Å²) in [6, 6.07) is 7.69. The van der Waals surface area contributed by atoms with Crippen LogP contribution in [0.4, 0.5) is 5.69 Å². The second kappa shape index (κ2) is 8.04. The Morgan fingerprint density at radius 1 is 1.33 bits per heavy atom. The first-order chi connectivity index (χ1) is 11.8. The Kier molecular flexibility index (Phi) is 5.56. The first kappa shape index (κ1) is 16.6. The molecule has 0 radical (unpaired) electrons. The minimum atomic E-state index is 0.0167. The molecule has 1 amide bonds. The van der Waals surface area contributed by atoms with Crippen molar-refractivity contribution in [2.24, 2.45) is 10.9 Å². The minimum absolute atomic E-state index is 0.0167. The van der Waals surface area contributed by atoms with Gasteiger partial charge in [0, 0.05) is 26.2 Å². The van der Waals surface area contributed by atoms with Gasteiger partial charge in [0.15, 0.2) is 12.6 Å². The van der Waals surface area contributed by atoms with Gasteiger partial charge in [-0.3, -0.25) is 9.79 Å². The van der Waals surface area contributed by atoms with Crippen LogP contribution in [0.1, 0.15) is 26.2 Å². The van der Waals surface area contributed by atoms with E-state index in [0.29, 0.717) is 6.54 Å². The molecular weight excluding hydrogens is 304 g/mol. The molecule has 0 atom stereocenters. The number of hydrogen-bond donors (Lipinski definition) is 2. The molecule has 0 saturated heterocycles. The highest BCUT2D eigenvalue weighted by molar-refractivity contribution is 5.97. The van der Waals surface area contributed by atoms with Crippen LogP contribution in [0.5, 0.6) is 5.75 Å². The number of nitrogens with zero attached hydrogens (tertiary/aromatic N) is 2. The molecule has 0 aromatic heterocycles. The fourth-order valence-corrected chi connectivity index (χ4v) is 2.71. The smallest absolute Gasteiger partial charge is 0.265 e. The quantitative estimate of drug-likeness (QED) is 0.454. The molecule has 24 heavy (non-hydrogen) atoms. The number of nitrogens with one attached hydrogen (secondary N) is 2. The Bertz CT molecular complexity index is 598. The average Bonchev–Trinajstić information content (AvgIpc) is 3.42. The number of benzene rings is 1. The zero-order valence-electron chi connectivity index (χ0n) is 14.3. The zero-order valence-corrected chi connectivity index (χ0v) is 14.3. The van der Waals surface area contributed by atoms with Crippen LogP contribution in [0.25, 0.3) is 0 Å². The van der Waals surface area contributed by atoms with Crippen LogP contribution in [0.2, 0.25) is 0 Å². The highest BCUT2D eigenvalue weighted by atomic mass is 16.5. The first-order valence-electron chi connectivity index (χ1n) is 8.82. The lowest BCUT2D eigenvalue weighted by Gasteiger charge is -2.29. The molecule has 1 heterocycles. The molecule has 2 aliphatic rings. The van der Waals surface area contributed by atoms with Crippen LogP contribution in [0.15, 0.2) is 29.3 Å². The molecule has 3 rings (SSSR count).